The number of hydrogen-bond acceptors (Lipinski definition) is 4. The molecule has 35 heavy (non-hydrogen) atoms. The molecular weight excluding hydrogens is 459 g/mol. The number of likely N-dealkylation sites (N-methyl/N-ethyl adjacent to an activating group) is 1. The topological polar surface area (TPSA) is 82.0 Å². The quantitative estimate of drug-likeness (QED) is 0.563. The van der Waals surface area contributed by atoms with Crippen molar-refractivity contribution in [2.75, 3.05) is 18.6 Å². The van der Waals surface area contributed by atoms with Gasteiger partial charge in [0.2, 0.25) is 12.1 Å². The molecule has 0 radical (unpaired) electrons. The number of fused-ring (bicyclic) bond motifs is 1. The zero-order chi connectivity index (χ0) is 26.0. The molecule has 9 heteroatoms. The molecule has 1 heterocycles. The van der Waals surface area contributed by atoms with E-state index in [9.17, 15) is 27.9 Å². The number of halogens is 3. The monoisotopic (exact) mass is 489 g/mol. The van der Waals surface area contributed by atoms with Crippen LogP contribution in [0.25, 0.3) is 0 Å². The van der Waals surface area contributed by atoms with Gasteiger partial charge in [0.05, 0.1) is 11.4 Å². The third-order valence-electron chi connectivity index (χ3n) is 5.29. The molecule has 0 aromatic heterocycles. The van der Waals surface area contributed by atoms with Crippen LogP contribution in [0.3, 0.4) is 0 Å². The molecule has 1 aliphatic heterocycles. The lowest BCUT2D eigenvalue weighted by Gasteiger charge is -2.23. The number of alkyl halides is 3. The van der Waals surface area contributed by atoms with Gasteiger partial charge >= 0.3 is 6.18 Å². The van der Waals surface area contributed by atoms with Gasteiger partial charge in [-0.05, 0) is 25.8 Å². The minimum atomic E-state index is -4.42. The summed E-state index contributed by atoms with van der Waals surface area (Å²) in [6, 6.07) is 16.3. The summed E-state index contributed by atoms with van der Waals surface area (Å²) < 4.78 is 38.0. The van der Waals surface area contributed by atoms with Gasteiger partial charge in [-0.15, -0.1) is 6.58 Å². The van der Waals surface area contributed by atoms with Gasteiger partial charge in [0.15, 0.2) is 0 Å². The van der Waals surface area contributed by atoms with Crippen molar-refractivity contribution < 1.29 is 27.9 Å². The summed E-state index contributed by atoms with van der Waals surface area (Å²) in [6.45, 7) is 4.80. The Morgan fingerprint density at radius 3 is 2.37 bits per heavy atom. The Kier molecular flexibility index (Phi) is 10.2. The van der Waals surface area contributed by atoms with Crippen molar-refractivity contribution in [1.82, 2.24) is 5.32 Å². The van der Waals surface area contributed by atoms with Crippen molar-refractivity contribution in [2.45, 2.75) is 38.5 Å². The Morgan fingerprint density at radius 1 is 1.17 bits per heavy atom. The van der Waals surface area contributed by atoms with E-state index in [2.05, 4.69) is 16.9 Å². The van der Waals surface area contributed by atoms with Gasteiger partial charge in [0, 0.05) is 37.1 Å². The number of amides is 2. The summed E-state index contributed by atoms with van der Waals surface area (Å²) in [7, 11) is 1.55. The summed E-state index contributed by atoms with van der Waals surface area (Å²) in [5.74, 6) is -2.37. The van der Waals surface area contributed by atoms with Crippen LogP contribution in [0.5, 0.6) is 0 Å². The van der Waals surface area contributed by atoms with E-state index >= 15 is 0 Å². The zero-order valence-electron chi connectivity index (χ0n) is 19.8. The zero-order valence-corrected chi connectivity index (χ0v) is 19.8. The molecule has 2 atom stereocenters. The van der Waals surface area contributed by atoms with Gasteiger partial charge in [0.1, 0.15) is 0 Å². The van der Waals surface area contributed by atoms with Crippen LogP contribution in [0, 0.1) is 5.92 Å². The number of anilines is 1. The van der Waals surface area contributed by atoms with Gasteiger partial charge in [-0.25, -0.2) is 4.99 Å². The number of carbonyl (C=O) groups is 2. The van der Waals surface area contributed by atoms with Crippen LogP contribution in [0.4, 0.5) is 18.9 Å². The van der Waals surface area contributed by atoms with E-state index in [-0.39, 0.29) is 6.42 Å². The Bertz CT molecular complexity index is 1040. The first-order chi connectivity index (χ1) is 16.6. The minimum Gasteiger partial charge on any atom is -0.396 e. The molecule has 2 unspecified atom stereocenters. The number of rotatable bonds is 7. The standard InChI is InChI=1S/C23H24F3N3O3.C3H6/c1-29-18-10-6-5-9-17(18)19(15-7-3-2-4-8-15)27-20(22(29)32)28-21(31)16(12-14-30)11-13-23(24,25)26;1-3-2/h2-10,16,20,30H,11-14H2,1H3,(H,28,31);3H,1H2,2H3. The lowest BCUT2D eigenvalue weighted by Crippen LogP contribution is -2.48. The SMILES string of the molecule is C=CC.CN1C(=O)C(NC(=O)C(CCO)CCC(F)(F)F)N=C(c2ccccc2)c2ccccc21. The molecule has 188 valence electrons. The highest BCUT2D eigenvalue weighted by Crippen LogP contribution is 2.28. The molecule has 0 bridgehead atoms. The van der Waals surface area contributed by atoms with Crippen LogP contribution >= 0.6 is 0 Å². The second-order valence-electron chi connectivity index (χ2n) is 7.94. The van der Waals surface area contributed by atoms with Crippen LogP contribution in [0.2, 0.25) is 0 Å². The highest BCUT2D eigenvalue weighted by Gasteiger charge is 2.34. The summed E-state index contributed by atoms with van der Waals surface area (Å²) in [6.07, 6.45) is -5.78. The summed E-state index contributed by atoms with van der Waals surface area (Å²) in [4.78, 5) is 31.8. The molecule has 0 saturated carbocycles. The third-order valence-corrected chi connectivity index (χ3v) is 5.29. The Balaban J connectivity index is 0.00000137. The normalized spacial score (nSPS) is 16.2. The number of benzene rings is 2. The third kappa shape index (κ3) is 7.78. The maximum Gasteiger partial charge on any atom is 0.389 e. The summed E-state index contributed by atoms with van der Waals surface area (Å²) >= 11 is 0. The highest BCUT2D eigenvalue weighted by atomic mass is 19.4. The molecule has 2 aromatic carbocycles. The number of aliphatic imine (C=N–C) groups is 1. The molecule has 0 spiro atoms. The van der Waals surface area contributed by atoms with Crippen LogP contribution in [-0.4, -0.2) is 48.6 Å². The van der Waals surface area contributed by atoms with Gasteiger partial charge < -0.3 is 15.3 Å². The second-order valence-corrected chi connectivity index (χ2v) is 7.94. The van der Waals surface area contributed by atoms with E-state index in [0.29, 0.717) is 17.0 Å². The first kappa shape index (κ1) is 27.8. The lowest BCUT2D eigenvalue weighted by atomic mass is 9.98. The fraction of sp³-hybridized carbons (Fsp3) is 0.346. The Labute approximate surface area is 203 Å². The molecule has 2 aromatic rings. The molecule has 2 amide bonds. The van der Waals surface area contributed by atoms with Crippen molar-refractivity contribution in [2.24, 2.45) is 10.9 Å². The van der Waals surface area contributed by atoms with E-state index in [1.54, 1.807) is 25.3 Å². The number of aliphatic hydroxyl groups is 1. The molecule has 6 nitrogen and oxygen atoms in total. The predicted octanol–water partition coefficient (Wildman–Crippen LogP) is 4.48. The molecule has 3 rings (SSSR count). The van der Waals surface area contributed by atoms with E-state index < -0.39 is 49.5 Å². The van der Waals surface area contributed by atoms with Crippen LogP contribution in [0.1, 0.15) is 37.3 Å². The van der Waals surface area contributed by atoms with Crippen molar-refractivity contribution in [3.05, 3.63) is 78.4 Å². The van der Waals surface area contributed by atoms with E-state index in [1.165, 1.54) is 4.90 Å². The minimum absolute atomic E-state index is 0.145. The van der Waals surface area contributed by atoms with E-state index in [1.807, 2.05) is 49.4 Å². The van der Waals surface area contributed by atoms with Gasteiger partial charge in [-0.2, -0.15) is 13.2 Å². The number of nitrogens with one attached hydrogen (secondary N) is 1. The largest absolute Gasteiger partial charge is 0.396 e. The van der Waals surface area contributed by atoms with Crippen molar-refractivity contribution in [3.63, 3.8) is 0 Å². The molecular formula is C26H30F3N3O3. The summed E-state index contributed by atoms with van der Waals surface area (Å²) in [5.41, 5.74) is 2.50. The maximum absolute atomic E-state index is 13.1. The maximum atomic E-state index is 13.1. The molecule has 0 saturated heterocycles. The van der Waals surface area contributed by atoms with Gasteiger partial charge in [0.25, 0.3) is 5.91 Å². The first-order valence-corrected chi connectivity index (χ1v) is 11.2. The predicted molar refractivity (Wildman–Crippen MR) is 130 cm³/mol. The molecule has 0 aliphatic carbocycles. The fourth-order valence-corrected chi connectivity index (χ4v) is 3.60. The van der Waals surface area contributed by atoms with Crippen LogP contribution < -0.4 is 10.2 Å². The van der Waals surface area contributed by atoms with Gasteiger partial charge in [-0.3, -0.25) is 9.59 Å². The van der Waals surface area contributed by atoms with Crippen molar-refractivity contribution in [1.29, 1.82) is 0 Å². The van der Waals surface area contributed by atoms with E-state index in [0.717, 1.165) is 5.56 Å². The van der Waals surface area contributed by atoms with Gasteiger partial charge in [-0.1, -0.05) is 54.6 Å². The summed E-state index contributed by atoms with van der Waals surface area (Å²) in [5, 5.41) is 11.7. The Hall–Kier alpha value is -3.46. The number of para-hydroxylation sites is 1. The fourth-order valence-electron chi connectivity index (χ4n) is 3.60. The molecule has 1 aliphatic rings. The molecule has 0 fully saturated rings. The number of nitrogens with zero attached hydrogens (tertiary/aromatic N) is 2. The number of allylic oxidation sites excluding steroid dienone is 1. The average molecular weight is 490 g/mol. The van der Waals surface area contributed by atoms with E-state index in [4.69, 9.17) is 0 Å². The second kappa shape index (κ2) is 12.9. The van der Waals surface area contributed by atoms with Crippen molar-refractivity contribution >= 4 is 23.2 Å². The smallest absolute Gasteiger partial charge is 0.389 e. The number of aliphatic hydroxyl groups excluding tert-OH is 1. The lowest BCUT2D eigenvalue weighted by molar-refractivity contribution is -0.142. The Morgan fingerprint density at radius 2 is 1.77 bits per heavy atom. The van der Waals surface area contributed by atoms with Crippen molar-refractivity contribution in [3.8, 4) is 0 Å². The van der Waals surface area contributed by atoms with Crippen LogP contribution in [0.15, 0.2) is 72.2 Å². The molecule has 2 N–H and O–H groups in total. The number of hydrogen-bond donors (Lipinski definition) is 2. The average Bonchev–Trinajstić information content (AvgIpc) is 2.93. The van der Waals surface area contributed by atoms with Crippen LogP contribution in [-0.2, 0) is 9.59 Å². The number of benzodiazepines with no additional fused rings is 1. The first-order valence-electron chi connectivity index (χ1n) is 11.2. The highest BCUT2D eigenvalue weighted by molar-refractivity contribution is 6.20. The number of carbonyl (C=O) groups excluding carboxylic acids is 2.